The number of nitrogens with two attached hydrogens (primary N) is 1. The number of hydrogen-bond acceptors (Lipinski definition) is 7. The van der Waals surface area contributed by atoms with Gasteiger partial charge in [-0.15, -0.1) is 0 Å². The van der Waals surface area contributed by atoms with Gasteiger partial charge in [-0.3, -0.25) is 10.1 Å². The first-order chi connectivity index (χ1) is 13.0. The number of allylic oxidation sites excluding steroid dienone is 1. The Bertz CT molecular complexity index is 1160. The highest BCUT2D eigenvalue weighted by Gasteiger charge is 2.43. The van der Waals surface area contributed by atoms with Crippen LogP contribution < -0.4 is 20.8 Å². The number of fused-ring (bicyclic) bond motifs is 3. The molecule has 0 spiro atoms. The third-order valence-electron chi connectivity index (χ3n) is 4.47. The van der Waals surface area contributed by atoms with E-state index in [1.807, 2.05) is 0 Å². The summed E-state index contributed by atoms with van der Waals surface area (Å²) < 4.78 is 16.3. The van der Waals surface area contributed by atoms with Crippen LogP contribution in [0.3, 0.4) is 0 Å². The van der Waals surface area contributed by atoms with Gasteiger partial charge in [0.2, 0.25) is 0 Å². The molecule has 0 bridgehead atoms. The minimum absolute atomic E-state index is 0.0131. The first-order valence-corrected chi connectivity index (χ1v) is 8.03. The number of rotatable bonds is 3. The van der Waals surface area contributed by atoms with E-state index in [1.165, 1.54) is 7.11 Å². The van der Waals surface area contributed by atoms with Crippen LogP contribution in [0, 0.1) is 10.1 Å². The molecule has 2 N–H and O–H groups in total. The van der Waals surface area contributed by atoms with Gasteiger partial charge < -0.3 is 19.6 Å². The lowest BCUT2D eigenvalue weighted by molar-refractivity contribution is -0.432. The van der Waals surface area contributed by atoms with Crippen LogP contribution in [0.2, 0.25) is 0 Å². The molecule has 0 saturated heterocycles. The number of nitro groups is 1. The van der Waals surface area contributed by atoms with Gasteiger partial charge in [0.15, 0.2) is 5.75 Å². The van der Waals surface area contributed by atoms with Crippen molar-refractivity contribution < 1.29 is 18.8 Å². The number of methoxy groups -OCH3 is 1. The molecule has 1 aliphatic heterocycles. The Labute approximate surface area is 152 Å². The molecule has 3 aromatic rings. The fraction of sp³-hybridized carbons (Fsp3) is 0.105. The fourth-order valence-corrected chi connectivity index (χ4v) is 3.34. The summed E-state index contributed by atoms with van der Waals surface area (Å²) in [6.07, 6.45) is 0. The van der Waals surface area contributed by atoms with Gasteiger partial charge in [-0.25, -0.2) is 4.79 Å². The van der Waals surface area contributed by atoms with Crippen molar-refractivity contribution >= 4 is 11.0 Å². The zero-order valence-electron chi connectivity index (χ0n) is 14.2. The summed E-state index contributed by atoms with van der Waals surface area (Å²) in [4.78, 5) is 23.9. The average molecular weight is 366 g/mol. The van der Waals surface area contributed by atoms with E-state index in [4.69, 9.17) is 19.6 Å². The second-order valence-corrected chi connectivity index (χ2v) is 5.91. The van der Waals surface area contributed by atoms with Gasteiger partial charge in [0.1, 0.15) is 17.3 Å². The lowest BCUT2D eigenvalue weighted by Gasteiger charge is -2.25. The minimum atomic E-state index is -1.10. The second-order valence-electron chi connectivity index (χ2n) is 5.91. The van der Waals surface area contributed by atoms with Crippen molar-refractivity contribution in [1.82, 2.24) is 0 Å². The normalized spacial score (nSPS) is 16.0. The van der Waals surface area contributed by atoms with E-state index >= 15 is 0 Å². The van der Waals surface area contributed by atoms with E-state index < -0.39 is 22.2 Å². The van der Waals surface area contributed by atoms with Crippen LogP contribution in [0.15, 0.2) is 69.3 Å². The van der Waals surface area contributed by atoms with Crippen LogP contribution >= 0.6 is 0 Å². The van der Waals surface area contributed by atoms with Gasteiger partial charge in [-0.05, 0) is 18.2 Å². The van der Waals surface area contributed by atoms with Crippen LogP contribution in [0.25, 0.3) is 11.0 Å². The van der Waals surface area contributed by atoms with Crippen molar-refractivity contribution in [3.63, 3.8) is 0 Å². The summed E-state index contributed by atoms with van der Waals surface area (Å²) in [5.41, 5.74) is 5.47. The van der Waals surface area contributed by atoms with Crippen LogP contribution in [-0.4, -0.2) is 12.0 Å². The summed E-state index contributed by atoms with van der Waals surface area (Å²) >= 11 is 0. The van der Waals surface area contributed by atoms with E-state index in [9.17, 15) is 14.9 Å². The summed E-state index contributed by atoms with van der Waals surface area (Å²) in [5, 5.41) is 12.2. The maximum atomic E-state index is 12.8. The van der Waals surface area contributed by atoms with Crippen molar-refractivity contribution in [2.45, 2.75) is 5.92 Å². The molecular weight excluding hydrogens is 352 g/mol. The summed E-state index contributed by atoms with van der Waals surface area (Å²) in [5.74, 6) is -0.934. The third-order valence-corrected chi connectivity index (χ3v) is 4.47. The highest BCUT2D eigenvalue weighted by atomic mass is 16.6. The van der Waals surface area contributed by atoms with Crippen LogP contribution in [0.1, 0.15) is 17.0 Å². The summed E-state index contributed by atoms with van der Waals surface area (Å²) in [7, 11) is 1.45. The molecule has 0 unspecified atom stereocenters. The number of benzene rings is 2. The molecule has 8 heteroatoms. The first kappa shape index (κ1) is 16.6. The van der Waals surface area contributed by atoms with E-state index in [0.717, 1.165) is 0 Å². The standard InChI is InChI=1S/C19H14N2O6/c1-25-12-8-4-2-6-10(12)14-15-17(27-18(20)16(14)21(23)24)11-7-3-5-9-13(11)26-19(15)22/h2-9,14H,20H2,1H3/t14-/m0/s1. The van der Waals surface area contributed by atoms with E-state index in [-0.39, 0.29) is 17.2 Å². The Morgan fingerprint density at radius 2 is 1.85 bits per heavy atom. The van der Waals surface area contributed by atoms with Gasteiger partial charge in [-0.2, -0.15) is 0 Å². The Morgan fingerprint density at radius 3 is 2.59 bits per heavy atom. The Morgan fingerprint density at radius 1 is 1.15 bits per heavy atom. The highest BCUT2D eigenvalue weighted by molar-refractivity contribution is 5.85. The molecule has 2 aromatic carbocycles. The SMILES string of the molecule is COc1ccccc1[C@@H]1C([N+](=O)[O-])=C(N)Oc2c1c(=O)oc1ccccc21. The number of ether oxygens (including phenoxy) is 2. The monoisotopic (exact) mass is 366 g/mol. The Balaban J connectivity index is 2.12. The van der Waals surface area contributed by atoms with Crippen LogP contribution in [0.5, 0.6) is 11.5 Å². The molecule has 2 heterocycles. The second kappa shape index (κ2) is 6.17. The highest BCUT2D eigenvalue weighted by Crippen LogP contribution is 2.45. The molecule has 0 amide bonds. The Hall–Kier alpha value is -3.81. The number of nitrogens with zero attached hydrogens (tertiary/aromatic N) is 1. The van der Waals surface area contributed by atoms with Crippen molar-refractivity contribution in [2.75, 3.05) is 7.11 Å². The third kappa shape index (κ3) is 2.50. The van der Waals surface area contributed by atoms with Crippen molar-refractivity contribution in [2.24, 2.45) is 5.73 Å². The number of para-hydroxylation sites is 2. The maximum absolute atomic E-state index is 12.8. The lowest BCUT2D eigenvalue weighted by Crippen LogP contribution is -2.30. The van der Waals surface area contributed by atoms with E-state index in [2.05, 4.69) is 0 Å². The van der Waals surface area contributed by atoms with Gasteiger partial charge in [-0.1, -0.05) is 30.3 Å². The van der Waals surface area contributed by atoms with Crippen LogP contribution in [-0.2, 0) is 0 Å². The Kier molecular flexibility index (Phi) is 3.80. The van der Waals surface area contributed by atoms with Crippen molar-refractivity contribution in [3.05, 3.63) is 91.8 Å². The molecule has 0 saturated carbocycles. The van der Waals surface area contributed by atoms with Gasteiger partial charge in [0.25, 0.3) is 5.88 Å². The van der Waals surface area contributed by atoms with Crippen molar-refractivity contribution in [3.8, 4) is 11.5 Å². The minimum Gasteiger partial charge on any atom is -0.496 e. The van der Waals surface area contributed by atoms with Crippen molar-refractivity contribution in [1.29, 1.82) is 0 Å². The summed E-state index contributed by atoms with van der Waals surface area (Å²) in [6.45, 7) is 0. The molecule has 1 aromatic heterocycles. The van der Waals surface area contributed by atoms with Crippen LogP contribution in [0.4, 0.5) is 0 Å². The predicted octanol–water partition coefficient (Wildman–Crippen LogP) is 2.73. The van der Waals surface area contributed by atoms with E-state index in [1.54, 1.807) is 48.5 Å². The fourth-order valence-electron chi connectivity index (χ4n) is 3.34. The molecule has 8 nitrogen and oxygen atoms in total. The summed E-state index contributed by atoms with van der Waals surface area (Å²) in [6, 6.07) is 13.5. The molecule has 1 aliphatic rings. The van der Waals surface area contributed by atoms with Gasteiger partial charge in [0, 0.05) is 5.56 Å². The smallest absolute Gasteiger partial charge is 0.344 e. The quantitative estimate of drug-likeness (QED) is 0.430. The van der Waals surface area contributed by atoms with Gasteiger partial charge in [0.05, 0.1) is 23.0 Å². The molecule has 1 atom stereocenters. The lowest BCUT2D eigenvalue weighted by atomic mass is 9.86. The topological polar surface area (TPSA) is 118 Å². The first-order valence-electron chi connectivity index (χ1n) is 8.03. The predicted molar refractivity (Wildman–Crippen MR) is 96.2 cm³/mol. The molecular formula is C19H14N2O6. The molecule has 0 radical (unpaired) electrons. The number of hydrogen-bond donors (Lipinski definition) is 1. The van der Waals surface area contributed by atoms with Gasteiger partial charge >= 0.3 is 11.3 Å². The maximum Gasteiger partial charge on any atom is 0.344 e. The molecule has 0 aliphatic carbocycles. The zero-order valence-corrected chi connectivity index (χ0v) is 14.2. The largest absolute Gasteiger partial charge is 0.496 e. The molecule has 27 heavy (non-hydrogen) atoms. The zero-order chi connectivity index (χ0) is 19.1. The molecule has 136 valence electrons. The van der Waals surface area contributed by atoms with E-state index in [0.29, 0.717) is 22.3 Å². The molecule has 4 rings (SSSR count). The average Bonchev–Trinajstić information content (AvgIpc) is 2.66. The molecule has 0 fully saturated rings.